The lowest BCUT2D eigenvalue weighted by atomic mass is 9.72. The van der Waals surface area contributed by atoms with E-state index in [9.17, 15) is 9.59 Å². The van der Waals surface area contributed by atoms with Crippen LogP contribution in [0.1, 0.15) is 43.4 Å². The highest BCUT2D eigenvalue weighted by atomic mass is 32.1. The van der Waals surface area contributed by atoms with Gasteiger partial charge in [0.05, 0.1) is 11.3 Å². The molecular formula is C16H21NO3S. The van der Waals surface area contributed by atoms with Crippen molar-refractivity contribution in [3.05, 3.63) is 22.4 Å². The lowest BCUT2D eigenvalue weighted by Crippen LogP contribution is -2.47. The van der Waals surface area contributed by atoms with Gasteiger partial charge in [0.2, 0.25) is 5.91 Å². The van der Waals surface area contributed by atoms with Crippen LogP contribution in [-0.4, -0.2) is 35.0 Å². The number of amides is 1. The first-order chi connectivity index (χ1) is 10.1. The monoisotopic (exact) mass is 307 g/mol. The first-order valence-electron chi connectivity index (χ1n) is 7.70. The van der Waals surface area contributed by atoms with Crippen LogP contribution in [0.5, 0.6) is 0 Å². The van der Waals surface area contributed by atoms with Crippen molar-refractivity contribution in [2.45, 2.75) is 43.9 Å². The Balaban J connectivity index is 1.84. The van der Waals surface area contributed by atoms with Crippen molar-refractivity contribution in [2.75, 3.05) is 13.1 Å². The van der Waals surface area contributed by atoms with Crippen LogP contribution in [-0.2, 0) is 15.0 Å². The van der Waals surface area contributed by atoms with Gasteiger partial charge in [-0.05, 0) is 30.7 Å². The van der Waals surface area contributed by atoms with E-state index in [4.69, 9.17) is 5.11 Å². The Morgan fingerprint density at radius 1 is 1.29 bits per heavy atom. The maximum Gasteiger partial charge on any atom is 0.308 e. The molecule has 3 rings (SSSR count). The van der Waals surface area contributed by atoms with Crippen molar-refractivity contribution in [2.24, 2.45) is 5.92 Å². The summed E-state index contributed by atoms with van der Waals surface area (Å²) < 4.78 is 0. The summed E-state index contributed by atoms with van der Waals surface area (Å²) in [5.74, 6) is -1.01. The zero-order valence-electron chi connectivity index (χ0n) is 12.1. The predicted molar refractivity (Wildman–Crippen MR) is 81.4 cm³/mol. The van der Waals surface area contributed by atoms with Crippen molar-refractivity contribution in [1.82, 2.24) is 4.90 Å². The summed E-state index contributed by atoms with van der Waals surface area (Å²) in [5.41, 5.74) is -0.389. The average molecular weight is 307 g/mol. The number of nitrogens with zero attached hydrogens (tertiary/aromatic N) is 1. The molecule has 5 heteroatoms. The second-order valence-corrected chi connectivity index (χ2v) is 7.14. The number of carbonyl (C=O) groups excluding carboxylic acids is 1. The van der Waals surface area contributed by atoms with Gasteiger partial charge in [-0.3, -0.25) is 9.59 Å². The molecule has 0 unspecified atom stereocenters. The first kappa shape index (κ1) is 14.6. The molecule has 0 bridgehead atoms. The quantitative estimate of drug-likeness (QED) is 0.934. The third-order valence-corrected chi connectivity index (χ3v) is 6.01. The molecule has 2 fully saturated rings. The molecule has 1 aliphatic carbocycles. The summed E-state index contributed by atoms with van der Waals surface area (Å²) >= 11 is 1.66. The Labute approximate surface area is 128 Å². The lowest BCUT2D eigenvalue weighted by Gasteiger charge is -2.38. The number of aliphatic carboxylic acids is 1. The maximum atomic E-state index is 13.1. The lowest BCUT2D eigenvalue weighted by molar-refractivity contribution is -0.142. The van der Waals surface area contributed by atoms with Crippen LogP contribution >= 0.6 is 11.3 Å². The van der Waals surface area contributed by atoms with E-state index in [0.29, 0.717) is 19.5 Å². The molecule has 1 aromatic rings. The summed E-state index contributed by atoms with van der Waals surface area (Å²) in [7, 11) is 0. The van der Waals surface area contributed by atoms with Crippen LogP contribution in [0.3, 0.4) is 0 Å². The Hall–Kier alpha value is -1.36. The van der Waals surface area contributed by atoms with E-state index < -0.39 is 11.9 Å². The highest BCUT2D eigenvalue weighted by Crippen LogP contribution is 2.43. The third kappa shape index (κ3) is 2.59. The number of carboxylic acids is 1. The topological polar surface area (TPSA) is 57.6 Å². The summed E-state index contributed by atoms with van der Waals surface area (Å²) in [6, 6.07) is 4.08. The van der Waals surface area contributed by atoms with Gasteiger partial charge in [0, 0.05) is 18.0 Å². The normalized spacial score (nSPS) is 25.0. The number of hydrogen-bond donors (Lipinski definition) is 1. The molecule has 21 heavy (non-hydrogen) atoms. The summed E-state index contributed by atoms with van der Waals surface area (Å²) in [6.45, 7) is 0.963. The zero-order valence-corrected chi connectivity index (χ0v) is 12.9. The number of carbonyl (C=O) groups is 2. The number of rotatable bonds is 3. The summed E-state index contributed by atoms with van der Waals surface area (Å²) in [4.78, 5) is 27.2. The molecular weight excluding hydrogens is 286 g/mol. The molecule has 1 saturated heterocycles. The van der Waals surface area contributed by atoms with Gasteiger partial charge in [0.25, 0.3) is 0 Å². The van der Waals surface area contributed by atoms with E-state index in [0.717, 1.165) is 30.6 Å². The maximum absolute atomic E-state index is 13.1. The number of carboxylic acid groups (broad SMARTS) is 1. The van der Waals surface area contributed by atoms with Gasteiger partial charge in [0.15, 0.2) is 0 Å². The van der Waals surface area contributed by atoms with Gasteiger partial charge in [-0.1, -0.05) is 25.3 Å². The predicted octanol–water partition coefficient (Wildman–Crippen LogP) is 2.88. The SMILES string of the molecule is O=C(O)[C@@H]1CCN(C(=O)C2(c3cccs3)CCCCC2)C1. The molecule has 0 aromatic carbocycles. The molecule has 2 heterocycles. The second-order valence-electron chi connectivity index (χ2n) is 6.20. The number of thiophene rings is 1. The molecule has 4 nitrogen and oxygen atoms in total. The van der Waals surface area contributed by atoms with E-state index in [-0.39, 0.29) is 11.3 Å². The average Bonchev–Trinajstić information content (AvgIpc) is 3.18. The molecule has 1 N–H and O–H groups in total. The summed E-state index contributed by atoms with van der Waals surface area (Å²) in [6.07, 6.45) is 5.75. The fourth-order valence-corrected chi connectivity index (χ4v) is 4.70. The van der Waals surface area contributed by atoms with Crippen molar-refractivity contribution in [3.63, 3.8) is 0 Å². The van der Waals surface area contributed by atoms with E-state index in [1.54, 1.807) is 16.2 Å². The van der Waals surface area contributed by atoms with Crippen molar-refractivity contribution in [3.8, 4) is 0 Å². The molecule has 0 spiro atoms. The van der Waals surface area contributed by atoms with E-state index in [2.05, 4.69) is 6.07 Å². The van der Waals surface area contributed by atoms with Crippen LogP contribution in [0.15, 0.2) is 17.5 Å². The fraction of sp³-hybridized carbons (Fsp3) is 0.625. The highest BCUT2D eigenvalue weighted by molar-refractivity contribution is 7.10. The highest BCUT2D eigenvalue weighted by Gasteiger charge is 2.46. The Kier molecular flexibility index (Phi) is 4.02. The van der Waals surface area contributed by atoms with Crippen LogP contribution in [0.4, 0.5) is 0 Å². The molecule has 0 radical (unpaired) electrons. The first-order valence-corrected chi connectivity index (χ1v) is 8.58. The van der Waals surface area contributed by atoms with Gasteiger partial charge < -0.3 is 10.0 Å². The van der Waals surface area contributed by atoms with Crippen LogP contribution in [0.25, 0.3) is 0 Å². The minimum atomic E-state index is -0.779. The van der Waals surface area contributed by atoms with Gasteiger partial charge in [-0.15, -0.1) is 11.3 Å². The van der Waals surface area contributed by atoms with Gasteiger partial charge >= 0.3 is 5.97 Å². The van der Waals surface area contributed by atoms with E-state index >= 15 is 0 Å². The Morgan fingerprint density at radius 2 is 2.05 bits per heavy atom. The van der Waals surface area contributed by atoms with Crippen LogP contribution in [0, 0.1) is 5.92 Å². The molecule has 1 aromatic heterocycles. The standard InChI is InChI=1S/C16H21NO3S/c18-14(19)12-6-9-17(11-12)15(20)16(7-2-1-3-8-16)13-5-4-10-21-13/h4-5,10,12H,1-3,6-9,11H2,(H,18,19)/t12-/m1/s1. The third-order valence-electron chi connectivity index (χ3n) is 4.93. The molecule has 1 atom stereocenters. The van der Waals surface area contributed by atoms with Crippen molar-refractivity contribution >= 4 is 23.2 Å². The number of likely N-dealkylation sites (tertiary alicyclic amines) is 1. The molecule has 1 aliphatic heterocycles. The minimum absolute atomic E-state index is 0.161. The molecule has 1 saturated carbocycles. The summed E-state index contributed by atoms with van der Waals surface area (Å²) in [5, 5.41) is 11.2. The zero-order chi connectivity index (χ0) is 14.9. The minimum Gasteiger partial charge on any atom is -0.481 e. The second kappa shape index (κ2) is 5.79. The van der Waals surface area contributed by atoms with E-state index in [1.165, 1.54) is 6.42 Å². The smallest absolute Gasteiger partial charge is 0.308 e. The van der Waals surface area contributed by atoms with Gasteiger partial charge in [-0.2, -0.15) is 0 Å². The fourth-order valence-electron chi connectivity index (χ4n) is 3.72. The van der Waals surface area contributed by atoms with E-state index in [1.807, 2.05) is 11.4 Å². The van der Waals surface area contributed by atoms with Crippen molar-refractivity contribution < 1.29 is 14.7 Å². The molecule has 114 valence electrons. The van der Waals surface area contributed by atoms with Crippen molar-refractivity contribution in [1.29, 1.82) is 0 Å². The largest absolute Gasteiger partial charge is 0.481 e. The van der Waals surface area contributed by atoms with Gasteiger partial charge in [0.1, 0.15) is 0 Å². The van der Waals surface area contributed by atoms with Crippen LogP contribution < -0.4 is 0 Å². The molecule has 2 aliphatic rings. The molecule has 1 amide bonds. The van der Waals surface area contributed by atoms with Crippen LogP contribution in [0.2, 0.25) is 0 Å². The Morgan fingerprint density at radius 3 is 2.62 bits per heavy atom. The number of hydrogen-bond acceptors (Lipinski definition) is 3. The van der Waals surface area contributed by atoms with Gasteiger partial charge in [-0.25, -0.2) is 0 Å². The Bertz CT molecular complexity index is 520.